The highest BCUT2D eigenvalue weighted by Gasteiger charge is 2.31. The predicted molar refractivity (Wildman–Crippen MR) is 78.0 cm³/mol. The highest BCUT2D eigenvalue weighted by Crippen LogP contribution is 2.40. The topological polar surface area (TPSA) is 47.0 Å². The number of rotatable bonds is 3. The Kier molecular flexibility index (Phi) is 3.72. The summed E-state index contributed by atoms with van der Waals surface area (Å²) in [5.41, 5.74) is 1.22. The molecule has 1 N–H and O–H groups in total. The second-order valence-corrected chi connectivity index (χ2v) is 7.03. The van der Waals surface area contributed by atoms with E-state index >= 15 is 0 Å². The Labute approximate surface area is 120 Å². The second kappa shape index (κ2) is 5.48. The average molecular weight is 293 g/mol. The zero-order chi connectivity index (χ0) is 13.2. The van der Waals surface area contributed by atoms with Crippen LogP contribution in [0.15, 0.2) is 28.6 Å². The van der Waals surface area contributed by atoms with Gasteiger partial charge in [-0.3, -0.25) is 0 Å². The van der Waals surface area contributed by atoms with Gasteiger partial charge in [0.2, 0.25) is 0 Å². The molecule has 100 valence electrons. The molecule has 0 saturated carbocycles. The molecule has 1 aliphatic heterocycles. The number of fused-ring (bicyclic) bond motifs is 1. The summed E-state index contributed by atoms with van der Waals surface area (Å²) in [5.74, 6) is 0.979. The smallest absolute Gasteiger partial charge is 0.174 e. The monoisotopic (exact) mass is 293 g/mol. The number of aryl methyl sites for hydroxylation is 1. The first-order chi connectivity index (χ1) is 9.28. The molecular weight excluding hydrogens is 278 g/mol. The molecule has 0 aliphatic carbocycles. The molecule has 0 fully saturated rings. The fourth-order valence-electron chi connectivity index (χ4n) is 2.24. The Bertz CT molecular complexity index is 573. The second-order valence-electron chi connectivity index (χ2n) is 4.36. The van der Waals surface area contributed by atoms with E-state index in [1.807, 2.05) is 26.1 Å². The van der Waals surface area contributed by atoms with Crippen LogP contribution in [0.3, 0.4) is 0 Å². The van der Waals surface area contributed by atoms with Gasteiger partial charge in [-0.25, -0.2) is 0 Å². The lowest BCUT2D eigenvalue weighted by Crippen LogP contribution is -2.35. The standard InChI is InChI=1S/C13H15N3OS2/c1-8-15-16-13(18-8)19-11-7-17-10-6-4-3-5-9(10)12(11)14-2/h3-6,11-12,14H,7H2,1-2H3. The Balaban J connectivity index is 1.84. The van der Waals surface area contributed by atoms with Crippen LogP contribution in [0.5, 0.6) is 5.75 Å². The molecule has 0 amide bonds. The number of nitrogens with zero attached hydrogens (tertiary/aromatic N) is 2. The molecule has 0 saturated heterocycles. The van der Waals surface area contributed by atoms with Crippen molar-refractivity contribution < 1.29 is 4.74 Å². The third-order valence-corrected chi connectivity index (χ3v) is 5.27. The molecule has 2 aromatic rings. The van der Waals surface area contributed by atoms with Crippen molar-refractivity contribution in [2.24, 2.45) is 0 Å². The zero-order valence-electron chi connectivity index (χ0n) is 10.8. The summed E-state index contributed by atoms with van der Waals surface area (Å²) in [6.07, 6.45) is 0. The summed E-state index contributed by atoms with van der Waals surface area (Å²) in [6.45, 7) is 2.66. The minimum Gasteiger partial charge on any atom is -0.492 e. The van der Waals surface area contributed by atoms with E-state index in [1.165, 1.54) is 5.56 Å². The summed E-state index contributed by atoms with van der Waals surface area (Å²) >= 11 is 3.37. The minimum absolute atomic E-state index is 0.277. The molecule has 19 heavy (non-hydrogen) atoms. The van der Waals surface area contributed by atoms with Crippen molar-refractivity contribution in [2.75, 3.05) is 13.7 Å². The minimum atomic E-state index is 0.277. The van der Waals surface area contributed by atoms with E-state index < -0.39 is 0 Å². The zero-order valence-corrected chi connectivity index (χ0v) is 12.4. The largest absolute Gasteiger partial charge is 0.492 e. The Morgan fingerprint density at radius 2 is 2.21 bits per heavy atom. The number of benzene rings is 1. The molecule has 2 atom stereocenters. The van der Waals surface area contributed by atoms with Crippen LogP contribution in [0.1, 0.15) is 16.6 Å². The molecule has 1 aliphatic rings. The van der Waals surface area contributed by atoms with Crippen molar-refractivity contribution in [3.63, 3.8) is 0 Å². The van der Waals surface area contributed by atoms with E-state index in [0.29, 0.717) is 11.9 Å². The third kappa shape index (κ3) is 2.61. The van der Waals surface area contributed by atoms with Gasteiger partial charge >= 0.3 is 0 Å². The van der Waals surface area contributed by atoms with Gasteiger partial charge in [-0.15, -0.1) is 10.2 Å². The maximum atomic E-state index is 5.84. The molecule has 1 aromatic heterocycles. The van der Waals surface area contributed by atoms with Crippen LogP contribution in [0, 0.1) is 6.92 Å². The Morgan fingerprint density at radius 1 is 1.37 bits per heavy atom. The summed E-state index contributed by atoms with van der Waals surface area (Å²) in [7, 11) is 1.99. The van der Waals surface area contributed by atoms with Crippen molar-refractivity contribution in [1.82, 2.24) is 15.5 Å². The van der Waals surface area contributed by atoms with Gasteiger partial charge in [-0.05, 0) is 20.0 Å². The fraction of sp³-hybridized carbons (Fsp3) is 0.385. The number of hydrogen-bond donors (Lipinski definition) is 1. The van der Waals surface area contributed by atoms with E-state index in [-0.39, 0.29) is 6.04 Å². The number of aromatic nitrogens is 2. The SMILES string of the molecule is CNC1c2ccccc2OCC1Sc1nnc(C)s1. The molecule has 4 nitrogen and oxygen atoms in total. The summed E-state index contributed by atoms with van der Waals surface area (Å²) < 4.78 is 6.85. The van der Waals surface area contributed by atoms with Crippen LogP contribution >= 0.6 is 23.1 Å². The number of nitrogens with one attached hydrogen (secondary N) is 1. The normalized spacial score (nSPS) is 21.8. The van der Waals surface area contributed by atoms with Gasteiger partial charge in [-0.2, -0.15) is 0 Å². The van der Waals surface area contributed by atoms with Gasteiger partial charge < -0.3 is 10.1 Å². The fourth-order valence-corrected chi connectivity index (χ4v) is 4.48. The van der Waals surface area contributed by atoms with Gasteiger partial charge in [0.25, 0.3) is 0 Å². The van der Waals surface area contributed by atoms with Crippen LogP contribution in [-0.4, -0.2) is 29.1 Å². The lowest BCUT2D eigenvalue weighted by molar-refractivity contribution is 0.265. The summed E-state index contributed by atoms with van der Waals surface area (Å²) in [5, 5.41) is 13.0. The molecule has 6 heteroatoms. The van der Waals surface area contributed by atoms with Crippen LogP contribution in [0.25, 0.3) is 0 Å². The molecule has 1 aromatic carbocycles. The lowest BCUT2D eigenvalue weighted by atomic mass is 10.0. The number of para-hydroxylation sites is 1. The molecule has 0 radical (unpaired) electrons. The lowest BCUT2D eigenvalue weighted by Gasteiger charge is -2.32. The van der Waals surface area contributed by atoms with Crippen molar-refractivity contribution in [3.05, 3.63) is 34.8 Å². The van der Waals surface area contributed by atoms with Crippen LogP contribution in [0.4, 0.5) is 0 Å². The van der Waals surface area contributed by atoms with Gasteiger partial charge in [0, 0.05) is 5.56 Å². The van der Waals surface area contributed by atoms with Crippen molar-refractivity contribution in [1.29, 1.82) is 0 Å². The highest BCUT2D eigenvalue weighted by atomic mass is 32.2. The van der Waals surface area contributed by atoms with E-state index in [1.54, 1.807) is 23.1 Å². The predicted octanol–water partition coefficient (Wildman–Crippen LogP) is 2.66. The molecule has 0 bridgehead atoms. The van der Waals surface area contributed by atoms with Crippen molar-refractivity contribution in [2.45, 2.75) is 22.6 Å². The van der Waals surface area contributed by atoms with E-state index in [9.17, 15) is 0 Å². The highest BCUT2D eigenvalue weighted by molar-refractivity contribution is 8.01. The molecule has 2 heterocycles. The first-order valence-corrected chi connectivity index (χ1v) is 7.83. The van der Waals surface area contributed by atoms with E-state index in [0.717, 1.165) is 15.1 Å². The van der Waals surface area contributed by atoms with E-state index in [4.69, 9.17) is 4.74 Å². The van der Waals surface area contributed by atoms with E-state index in [2.05, 4.69) is 27.6 Å². The summed E-state index contributed by atoms with van der Waals surface area (Å²) in [4.78, 5) is 0. The Morgan fingerprint density at radius 3 is 2.95 bits per heavy atom. The quantitative estimate of drug-likeness (QED) is 0.942. The van der Waals surface area contributed by atoms with Crippen molar-refractivity contribution >= 4 is 23.1 Å². The first-order valence-electron chi connectivity index (χ1n) is 6.13. The number of hydrogen-bond acceptors (Lipinski definition) is 6. The number of thioether (sulfide) groups is 1. The first kappa shape index (κ1) is 12.9. The average Bonchev–Trinajstić information content (AvgIpc) is 2.84. The van der Waals surface area contributed by atoms with Crippen LogP contribution in [0.2, 0.25) is 0 Å². The number of ether oxygens (including phenoxy) is 1. The third-order valence-electron chi connectivity index (χ3n) is 3.10. The molecular formula is C13H15N3OS2. The van der Waals surface area contributed by atoms with Gasteiger partial charge in [0.05, 0.1) is 11.3 Å². The van der Waals surface area contributed by atoms with Crippen molar-refractivity contribution in [3.8, 4) is 5.75 Å². The molecule has 3 rings (SSSR count). The molecule has 0 spiro atoms. The maximum absolute atomic E-state index is 5.84. The van der Waals surface area contributed by atoms with Crippen LogP contribution in [-0.2, 0) is 0 Å². The van der Waals surface area contributed by atoms with Gasteiger partial charge in [-0.1, -0.05) is 41.3 Å². The Hall–Kier alpha value is -1.11. The summed E-state index contributed by atoms with van der Waals surface area (Å²) in [6, 6.07) is 8.48. The van der Waals surface area contributed by atoms with Gasteiger partial charge in [0.15, 0.2) is 4.34 Å². The van der Waals surface area contributed by atoms with Gasteiger partial charge in [0.1, 0.15) is 17.4 Å². The molecule has 2 unspecified atom stereocenters. The van der Waals surface area contributed by atoms with Crippen LogP contribution < -0.4 is 10.1 Å². The maximum Gasteiger partial charge on any atom is 0.174 e.